The molecule has 0 unspecified atom stereocenters. The van der Waals surface area contributed by atoms with E-state index in [0.29, 0.717) is 30.8 Å². The Balaban J connectivity index is 1.67. The number of hydrogen-bond donors (Lipinski definition) is 1. The summed E-state index contributed by atoms with van der Waals surface area (Å²) in [4.78, 5) is 24.6. The lowest BCUT2D eigenvalue weighted by Gasteiger charge is -2.32. The maximum atomic E-state index is 12.4. The number of anilines is 2. The maximum Gasteiger partial charge on any atom is 0.323 e. The van der Waals surface area contributed by atoms with Crippen molar-refractivity contribution < 1.29 is 9.53 Å². The fraction of sp³-hybridized carbons (Fsp3) is 0.500. The molecule has 1 atom stereocenters. The lowest BCUT2D eigenvalue weighted by Crippen LogP contribution is -2.44. The molecule has 128 valence electrons. The molecule has 1 aliphatic heterocycles. The molecule has 3 rings (SSSR count). The molecule has 24 heavy (non-hydrogen) atoms. The van der Waals surface area contributed by atoms with E-state index < -0.39 is 0 Å². The molecule has 1 aliphatic rings. The Kier molecular flexibility index (Phi) is 4.86. The second-order valence-electron chi connectivity index (χ2n) is 5.54. The van der Waals surface area contributed by atoms with E-state index in [0.717, 1.165) is 10.7 Å². The molecule has 2 amide bonds. The van der Waals surface area contributed by atoms with Gasteiger partial charge in [0.1, 0.15) is 11.1 Å². The Morgan fingerprint density at radius 1 is 1.46 bits per heavy atom. The summed E-state index contributed by atoms with van der Waals surface area (Å²) in [5.41, 5.74) is 0.762. The third kappa shape index (κ3) is 3.77. The highest BCUT2D eigenvalue weighted by atomic mass is 32.1. The van der Waals surface area contributed by atoms with E-state index in [9.17, 15) is 4.79 Å². The van der Waals surface area contributed by atoms with Gasteiger partial charge in [-0.15, -0.1) is 10.2 Å². The third-order valence-corrected chi connectivity index (χ3v) is 4.24. The van der Waals surface area contributed by atoms with Gasteiger partial charge in [-0.2, -0.15) is 0 Å². The molecule has 0 saturated carbocycles. The van der Waals surface area contributed by atoms with E-state index in [4.69, 9.17) is 4.74 Å². The van der Waals surface area contributed by atoms with Gasteiger partial charge in [0.05, 0.1) is 18.8 Å². The second kappa shape index (κ2) is 7.05. The van der Waals surface area contributed by atoms with Crippen LogP contribution in [0.1, 0.15) is 16.8 Å². The van der Waals surface area contributed by atoms with Gasteiger partial charge in [0, 0.05) is 26.8 Å². The van der Waals surface area contributed by atoms with Crippen molar-refractivity contribution in [2.75, 3.05) is 44.0 Å². The summed E-state index contributed by atoms with van der Waals surface area (Å²) in [6, 6.07) is 1.61. The van der Waals surface area contributed by atoms with Crippen LogP contribution >= 0.6 is 11.3 Å². The van der Waals surface area contributed by atoms with E-state index in [1.165, 1.54) is 11.3 Å². The van der Waals surface area contributed by atoms with Gasteiger partial charge in [-0.25, -0.2) is 14.8 Å². The molecule has 1 saturated heterocycles. The third-order valence-electron chi connectivity index (χ3n) is 3.49. The number of ether oxygens (including phenoxy) is 1. The summed E-state index contributed by atoms with van der Waals surface area (Å²) in [7, 11) is 3.76. The van der Waals surface area contributed by atoms with Crippen LogP contribution in [-0.2, 0) is 4.74 Å². The molecule has 2 aromatic heterocycles. The highest BCUT2D eigenvalue weighted by Crippen LogP contribution is 2.22. The Morgan fingerprint density at radius 2 is 2.29 bits per heavy atom. The number of hydrogen-bond acceptors (Lipinski definition) is 8. The zero-order valence-electron chi connectivity index (χ0n) is 13.8. The van der Waals surface area contributed by atoms with Crippen molar-refractivity contribution in [2.45, 2.75) is 13.0 Å². The standard InChI is InChI=1S/C14H19N7O2S/c1-9-18-19-13(24-9)17-14(22)21-6-7-23-11(8-21)10-4-5-15-12(16-10)20(2)3/h4-5,11H,6-8H2,1-3H3,(H,17,19,22)/t11-/m0/s1. The van der Waals surface area contributed by atoms with Gasteiger partial charge in [0.15, 0.2) is 0 Å². The minimum Gasteiger partial charge on any atom is -0.368 e. The summed E-state index contributed by atoms with van der Waals surface area (Å²) in [6.45, 7) is 3.24. The van der Waals surface area contributed by atoms with Gasteiger partial charge in [0.2, 0.25) is 11.1 Å². The number of nitrogens with one attached hydrogen (secondary N) is 1. The van der Waals surface area contributed by atoms with Crippen molar-refractivity contribution in [3.05, 3.63) is 23.0 Å². The molecule has 2 aromatic rings. The normalized spacial score (nSPS) is 17.6. The molecule has 1 N–H and O–H groups in total. The minimum atomic E-state index is -0.276. The van der Waals surface area contributed by atoms with Gasteiger partial charge < -0.3 is 14.5 Å². The fourth-order valence-corrected chi connectivity index (χ4v) is 2.87. The number of aromatic nitrogens is 4. The zero-order chi connectivity index (χ0) is 17.1. The Morgan fingerprint density at radius 3 is 3.00 bits per heavy atom. The Bertz CT molecular complexity index is 721. The summed E-state index contributed by atoms with van der Waals surface area (Å²) >= 11 is 1.34. The molecule has 9 nitrogen and oxygen atoms in total. The average Bonchev–Trinajstić information content (AvgIpc) is 3.00. The van der Waals surface area contributed by atoms with Crippen molar-refractivity contribution in [3.63, 3.8) is 0 Å². The Hall–Kier alpha value is -2.33. The molecule has 0 radical (unpaired) electrons. The number of rotatable bonds is 3. The van der Waals surface area contributed by atoms with Gasteiger partial charge in [-0.05, 0) is 13.0 Å². The van der Waals surface area contributed by atoms with Crippen LogP contribution in [0.2, 0.25) is 0 Å². The number of carbonyl (C=O) groups excluding carboxylic acids is 1. The maximum absolute atomic E-state index is 12.4. The van der Waals surface area contributed by atoms with Crippen LogP contribution in [0.4, 0.5) is 15.9 Å². The fourth-order valence-electron chi connectivity index (χ4n) is 2.29. The van der Waals surface area contributed by atoms with E-state index in [-0.39, 0.29) is 12.1 Å². The number of amides is 2. The summed E-state index contributed by atoms with van der Waals surface area (Å²) in [5.74, 6) is 0.613. The lowest BCUT2D eigenvalue weighted by atomic mass is 10.2. The first-order valence-electron chi connectivity index (χ1n) is 7.51. The molecular formula is C14H19N7O2S. The smallest absolute Gasteiger partial charge is 0.323 e. The number of urea groups is 1. The topological polar surface area (TPSA) is 96.4 Å². The SMILES string of the molecule is Cc1nnc(NC(=O)N2CCO[C@H](c3ccnc(N(C)C)n3)C2)s1. The predicted octanol–water partition coefficient (Wildman–Crippen LogP) is 1.31. The van der Waals surface area contributed by atoms with Crippen LogP contribution in [0.3, 0.4) is 0 Å². The van der Waals surface area contributed by atoms with E-state index in [1.807, 2.05) is 32.0 Å². The quantitative estimate of drug-likeness (QED) is 0.892. The molecule has 3 heterocycles. The van der Waals surface area contributed by atoms with Crippen molar-refractivity contribution in [2.24, 2.45) is 0 Å². The number of nitrogens with zero attached hydrogens (tertiary/aromatic N) is 6. The first kappa shape index (κ1) is 16.5. The van der Waals surface area contributed by atoms with E-state index in [1.54, 1.807) is 11.1 Å². The largest absolute Gasteiger partial charge is 0.368 e. The van der Waals surface area contributed by atoms with Crippen molar-refractivity contribution in [1.29, 1.82) is 0 Å². The van der Waals surface area contributed by atoms with Gasteiger partial charge in [0.25, 0.3) is 0 Å². The van der Waals surface area contributed by atoms with E-state index >= 15 is 0 Å². The average molecular weight is 349 g/mol. The molecule has 10 heteroatoms. The first-order chi connectivity index (χ1) is 11.5. The van der Waals surface area contributed by atoms with Gasteiger partial charge in [-0.3, -0.25) is 5.32 Å². The van der Waals surface area contributed by atoms with Crippen LogP contribution in [0.15, 0.2) is 12.3 Å². The number of carbonyl (C=O) groups is 1. The van der Waals surface area contributed by atoms with Gasteiger partial charge >= 0.3 is 6.03 Å². The van der Waals surface area contributed by atoms with Crippen LogP contribution in [0.25, 0.3) is 0 Å². The van der Waals surface area contributed by atoms with Gasteiger partial charge in [-0.1, -0.05) is 11.3 Å². The summed E-state index contributed by atoms with van der Waals surface area (Å²) in [5, 5.41) is 11.9. The molecule has 0 aromatic carbocycles. The minimum absolute atomic E-state index is 0.207. The highest BCUT2D eigenvalue weighted by molar-refractivity contribution is 7.15. The van der Waals surface area contributed by atoms with Crippen molar-refractivity contribution >= 4 is 28.4 Å². The van der Waals surface area contributed by atoms with Crippen molar-refractivity contribution in [3.8, 4) is 0 Å². The predicted molar refractivity (Wildman–Crippen MR) is 90.3 cm³/mol. The van der Waals surface area contributed by atoms with Crippen molar-refractivity contribution in [1.82, 2.24) is 25.1 Å². The number of morpholine rings is 1. The van der Waals surface area contributed by atoms with Crippen LogP contribution < -0.4 is 10.2 Å². The van der Waals surface area contributed by atoms with Crippen LogP contribution in [0, 0.1) is 6.92 Å². The monoisotopic (exact) mass is 349 g/mol. The van der Waals surface area contributed by atoms with Crippen LogP contribution in [-0.4, -0.2) is 64.9 Å². The lowest BCUT2D eigenvalue weighted by molar-refractivity contribution is -0.0157. The summed E-state index contributed by atoms with van der Waals surface area (Å²) in [6.07, 6.45) is 1.42. The number of aryl methyl sites for hydroxylation is 1. The summed E-state index contributed by atoms with van der Waals surface area (Å²) < 4.78 is 5.78. The van der Waals surface area contributed by atoms with E-state index in [2.05, 4.69) is 25.5 Å². The highest BCUT2D eigenvalue weighted by Gasteiger charge is 2.27. The second-order valence-corrected chi connectivity index (χ2v) is 6.72. The van der Waals surface area contributed by atoms with Crippen LogP contribution in [0.5, 0.6) is 0 Å². The molecule has 1 fully saturated rings. The molecule has 0 spiro atoms. The Labute approximate surface area is 143 Å². The molecule has 0 aliphatic carbocycles. The zero-order valence-corrected chi connectivity index (χ0v) is 14.6. The first-order valence-corrected chi connectivity index (χ1v) is 8.32. The molecule has 0 bridgehead atoms. The molecular weight excluding hydrogens is 330 g/mol.